The third-order valence-corrected chi connectivity index (χ3v) is 6.86. The van der Waals surface area contributed by atoms with Gasteiger partial charge in [-0.3, -0.25) is 0 Å². The van der Waals surface area contributed by atoms with Crippen molar-refractivity contribution in [2.24, 2.45) is 34.5 Å². The average molecular weight is 234 g/mol. The van der Waals surface area contributed by atoms with Gasteiger partial charge in [0, 0.05) is 0 Å². The molecule has 0 aromatic carbocycles. The second kappa shape index (κ2) is 3.50. The van der Waals surface area contributed by atoms with E-state index in [-0.39, 0.29) is 0 Å². The van der Waals surface area contributed by atoms with E-state index in [0.29, 0.717) is 16.9 Å². The van der Waals surface area contributed by atoms with Crippen LogP contribution in [0, 0.1) is 34.5 Å². The summed E-state index contributed by atoms with van der Waals surface area (Å²) in [5.74, 6) is 3.89. The first-order valence-electron chi connectivity index (χ1n) is 7.52. The Morgan fingerprint density at radius 1 is 1.00 bits per heavy atom. The Labute approximate surface area is 107 Å². The molecular formula is C16H28N-. The van der Waals surface area contributed by atoms with Gasteiger partial charge in [0.15, 0.2) is 0 Å². The van der Waals surface area contributed by atoms with Crippen LogP contribution in [0.25, 0.3) is 5.32 Å². The molecule has 0 N–H and O–H groups in total. The van der Waals surface area contributed by atoms with Crippen LogP contribution in [-0.2, 0) is 0 Å². The summed E-state index contributed by atoms with van der Waals surface area (Å²) in [5, 5.41) is 4.74. The Hall–Kier alpha value is -0.0400. The molecule has 0 amide bonds. The molecule has 0 radical (unpaired) electrons. The van der Waals surface area contributed by atoms with Crippen molar-refractivity contribution in [3.05, 3.63) is 5.32 Å². The van der Waals surface area contributed by atoms with Crippen molar-refractivity contribution in [1.29, 1.82) is 0 Å². The number of nitrogens with zero attached hydrogens (tertiary/aromatic N) is 1. The lowest BCUT2D eigenvalue weighted by atomic mass is 9.54. The molecule has 0 spiro atoms. The van der Waals surface area contributed by atoms with E-state index in [1.807, 2.05) is 7.05 Å². The van der Waals surface area contributed by atoms with E-state index in [2.05, 4.69) is 27.7 Å². The fraction of sp³-hybridized carbons (Fsp3) is 1.00. The van der Waals surface area contributed by atoms with Gasteiger partial charge in [0.25, 0.3) is 0 Å². The minimum Gasteiger partial charge on any atom is -0.662 e. The van der Waals surface area contributed by atoms with E-state index in [0.717, 1.165) is 23.7 Å². The summed E-state index contributed by atoms with van der Waals surface area (Å²) < 4.78 is 0. The molecule has 3 aliphatic rings. The first-order chi connectivity index (χ1) is 7.93. The highest BCUT2D eigenvalue weighted by molar-refractivity contribution is 5.19. The fourth-order valence-electron chi connectivity index (χ4n) is 5.84. The van der Waals surface area contributed by atoms with Crippen LogP contribution < -0.4 is 0 Å². The maximum Gasteiger partial charge on any atom is -0.0289 e. The molecule has 0 heterocycles. The molecule has 0 aliphatic heterocycles. The van der Waals surface area contributed by atoms with Crippen LogP contribution in [0.1, 0.15) is 53.4 Å². The number of hydrogen-bond donors (Lipinski definition) is 0. The average Bonchev–Trinajstić information content (AvgIpc) is 2.81. The van der Waals surface area contributed by atoms with E-state index in [4.69, 9.17) is 5.32 Å². The Balaban J connectivity index is 1.94. The van der Waals surface area contributed by atoms with Crippen molar-refractivity contribution in [2.45, 2.75) is 59.4 Å². The van der Waals surface area contributed by atoms with Crippen molar-refractivity contribution in [2.75, 3.05) is 7.05 Å². The topological polar surface area (TPSA) is 14.1 Å². The highest BCUT2D eigenvalue weighted by atomic mass is 14.9. The van der Waals surface area contributed by atoms with E-state index in [1.165, 1.54) is 25.7 Å². The molecule has 3 rings (SSSR count). The first-order valence-corrected chi connectivity index (χ1v) is 7.52. The molecule has 3 saturated carbocycles. The van der Waals surface area contributed by atoms with Crippen LogP contribution in [-0.4, -0.2) is 13.1 Å². The van der Waals surface area contributed by atoms with Crippen molar-refractivity contribution < 1.29 is 0 Å². The lowest BCUT2D eigenvalue weighted by Crippen LogP contribution is -2.48. The predicted octanol–water partition coefficient (Wildman–Crippen LogP) is 4.48. The van der Waals surface area contributed by atoms with Crippen LogP contribution in [0.4, 0.5) is 0 Å². The van der Waals surface area contributed by atoms with Gasteiger partial charge >= 0.3 is 0 Å². The van der Waals surface area contributed by atoms with Gasteiger partial charge in [0.1, 0.15) is 0 Å². The van der Waals surface area contributed by atoms with Crippen molar-refractivity contribution in [3.63, 3.8) is 0 Å². The minimum atomic E-state index is 0.515. The summed E-state index contributed by atoms with van der Waals surface area (Å²) in [5.41, 5.74) is 1.15. The van der Waals surface area contributed by atoms with E-state index in [9.17, 15) is 0 Å². The lowest BCUT2D eigenvalue weighted by molar-refractivity contribution is 0.00149. The molecule has 3 aliphatic carbocycles. The molecule has 98 valence electrons. The Kier molecular flexibility index (Phi) is 2.47. The van der Waals surface area contributed by atoms with E-state index < -0.39 is 0 Å². The molecule has 0 aromatic heterocycles. The summed E-state index contributed by atoms with van der Waals surface area (Å²) in [6.07, 6.45) is 5.63. The monoisotopic (exact) mass is 234 g/mol. The van der Waals surface area contributed by atoms with E-state index >= 15 is 0 Å². The summed E-state index contributed by atoms with van der Waals surface area (Å²) in [6, 6.07) is 0.640. The molecule has 6 atom stereocenters. The molecule has 0 aromatic rings. The highest BCUT2D eigenvalue weighted by Crippen LogP contribution is 2.74. The van der Waals surface area contributed by atoms with E-state index in [1.54, 1.807) is 0 Å². The summed E-state index contributed by atoms with van der Waals surface area (Å²) >= 11 is 0. The predicted molar refractivity (Wildman–Crippen MR) is 73.1 cm³/mol. The Morgan fingerprint density at radius 2 is 1.71 bits per heavy atom. The largest absolute Gasteiger partial charge is 0.662 e. The highest BCUT2D eigenvalue weighted by Gasteiger charge is 2.67. The standard InChI is InChI=1S/C16H28N/c1-10-6-7-12(17-5)16(4)9-8-11-14(13(10)16)15(11,2)3/h10-14H,6-9H2,1-5H3/q-1/t10-,11-,12+,13+,14-,16-/m1/s1. The Morgan fingerprint density at radius 3 is 2.35 bits per heavy atom. The van der Waals surface area contributed by atoms with Gasteiger partial charge in [-0.2, -0.15) is 7.05 Å². The Bertz CT molecular complexity index is 321. The van der Waals surface area contributed by atoms with Gasteiger partial charge in [0.05, 0.1) is 0 Å². The van der Waals surface area contributed by atoms with Gasteiger partial charge in [-0.15, -0.1) is 6.04 Å². The third kappa shape index (κ3) is 1.41. The lowest BCUT2D eigenvalue weighted by Gasteiger charge is -2.58. The molecule has 17 heavy (non-hydrogen) atoms. The molecule has 0 bridgehead atoms. The normalized spacial score (nSPS) is 55.9. The van der Waals surface area contributed by atoms with Crippen LogP contribution in [0.15, 0.2) is 0 Å². The van der Waals surface area contributed by atoms with Crippen molar-refractivity contribution in [3.8, 4) is 0 Å². The van der Waals surface area contributed by atoms with Crippen LogP contribution >= 0.6 is 0 Å². The quantitative estimate of drug-likeness (QED) is 0.635. The van der Waals surface area contributed by atoms with Crippen LogP contribution in [0.2, 0.25) is 0 Å². The van der Waals surface area contributed by atoms with Gasteiger partial charge in [-0.05, 0) is 47.3 Å². The van der Waals surface area contributed by atoms with Gasteiger partial charge in [-0.1, -0.05) is 40.5 Å². The SMILES string of the molecule is C[N-][C@H]1CC[C@@H](C)[C@H]2[C@H]3[C@@H](CC[C@@]21C)C3(C)C. The molecule has 0 unspecified atom stereocenters. The number of rotatable bonds is 1. The first kappa shape index (κ1) is 12.0. The molecular weight excluding hydrogens is 206 g/mol. The van der Waals surface area contributed by atoms with Gasteiger partial charge < -0.3 is 5.32 Å². The van der Waals surface area contributed by atoms with Crippen LogP contribution in [0.3, 0.4) is 0 Å². The van der Waals surface area contributed by atoms with Crippen LogP contribution in [0.5, 0.6) is 0 Å². The maximum absolute atomic E-state index is 4.74. The third-order valence-electron chi connectivity index (χ3n) is 6.86. The van der Waals surface area contributed by atoms with Crippen molar-refractivity contribution in [1.82, 2.24) is 0 Å². The summed E-state index contributed by atoms with van der Waals surface area (Å²) in [4.78, 5) is 0. The second-order valence-corrected chi connectivity index (χ2v) is 7.85. The summed E-state index contributed by atoms with van der Waals surface area (Å²) in [7, 11) is 2.05. The smallest absolute Gasteiger partial charge is 0.0289 e. The zero-order chi connectivity index (χ0) is 12.4. The number of fused-ring (bicyclic) bond motifs is 3. The van der Waals surface area contributed by atoms with Crippen molar-refractivity contribution >= 4 is 0 Å². The summed E-state index contributed by atoms with van der Waals surface area (Å²) in [6.45, 7) is 10.1. The number of hydrogen-bond acceptors (Lipinski definition) is 0. The van der Waals surface area contributed by atoms with Gasteiger partial charge in [-0.25, -0.2) is 0 Å². The second-order valence-electron chi connectivity index (χ2n) is 7.85. The maximum atomic E-state index is 4.74. The molecule has 1 heteroatoms. The zero-order valence-corrected chi connectivity index (χ0v) is 12.2. The van der Waals surface area contributed by atoms with Gasteiger partial charge in [0.2, 0.25) is 0 Å². The zero-order valence-electron chi connectivity index (χ0n) is 12.2. The molecule has 3 fully saturated rings. The minimum absolute atomic E-state index is 0.515. The molecule has 1 nitrogen and oxygen atoms in total. The molecule has 0 saturated heterocycles. The fourth-order valence-corrected chi connectivity index (χ4v) is 5.84.